The van der Waals surface area contributed by atoms with E-state index in [-0.39, 0.29) is 31.1 Å². The third-order valence-electron chi connectivity index (χ3n) is 14.6. The van der Waals surface area contributed by atoms with Gasteiger partial charge in [0, 0.05) is 19.3 Å². The Kier molecular flexibility index (Phi) is 66.3. The molecule has 6 nitrogen and oxygen atoms in total. The molecule has 0 saturated carbocycles. The van der Waals surface area contributed by atoms with E-state index in [1.807, 2.05) is 0 Å². The fraction of sp³-hybridized carbons (Fsp3) is 0.675. The number of carbonyl (C=O) groups is 3. The van der Waals surface area contributed by atoms with Crippen LogP contribution in [0.5, 0.6) is 0 Å². The molecular formula is C77H128O6. The van der Waals surface area contributed by atoms with Crippen LogP contribution in [0.15, 0.2) is 134 Å². The summed E-state index contributed by atoms with van der Waals surface area (Å²) in [6.07, 6.45) is 98.9. The number of esters is 3. The Morgan fingerprint density at radius 3 is 0.735 bits per heavy atom. The Morgan fingerprint density at radius 2 is 0.470 bits per heavy atom. The van der Waals surface area contributed by atoms with E-state index in [0.717, 1.165) is 135 Å². The normalized spacial score (nSPS) is 13.0. The number of unbranched alkanes of at least 4 members (excludes halogenated alkanes) is 29. The van der Waals surface area contributed by atoms with Crippen molar-refractivity contribution in [3.63, 3.8) is 0 Å². The van der Waals surface area contributed by atoms with Crippen LogP contribution in [0.4, 0.5) is 0 Å². The lowest BCUT2D eigenvalue weighted by Crippen LogP contribution is -2.30. The molecule has 0 bridgehead atoms. The summed E-state index contributed by atoms with van der Waals surface area (Å²) in [5.74, 6) is -0.898. The molecule has 1 unspecified atom stereocenters. The molecule has 0 heterocycles. The molecule has 83 heavy (non-hydrogen) atoms. The molecule has 1 atom stereocenters. The number of allylic oxidation sites excluding steroid dienone is 22. The Hall–Kier alpha value is -4.45. The van der Waals surface area contributed by atoms with Crippen molar-refractivity contribution in [2.45, 2.75) is 322 Å². The largest absolute Gasteiger partial charge is 0.462 e. The van der Waals surface area contributed by atoms with Crippen molar-refractivity contribution in [3.8, 4) is 0 Å². The van der Waals surface area contributed by atoms with Gasteiger partial charge >= 0.3 is 17.9 Å². The Bertz CT molecular complexity index is 1750. The minimum atomic E-state index is -0.794. The van der Waals surface area contributed by atoms with Gasteiger partial charge in [-0.2, -0.15) is 0 Å². The molecule has 0 aliphatic heterocycles. The van der Waals surface area contributed by atoms with E-state index in [0.29, 0.717) is 19.3 Å². The van der Waals surface area contributed by atoms with E-state index in [4.69, 9.17) is 14.2 Å². The first-order valence-corrected chi connectivity index (χ1v) is 34.7. The molecule has 0 radical (unpaired) electrons. The molecule has 0 amide bonds. The van der Waals surface area contributed by atoms with Crippen LogP contribution >= 0.6 is 0 Å². The molecule has 0 aliphatic carbocycles. The second-order valence-corrected chi connectivity index (χ2v) is 22.7. The standard InChI is InChI=1S/C77H128O6/c1-4-7-10-13-16-19-22-25-28-31-33-35-36-37-38-39-40-42-43-46-49-52-55-58-61-64-67-70-76(79)82-73-74(72-81-75(78)69-66-63-60-57-54-51-48-45-30-27-24-21-18-15-12-9-6-3)83-77(80)71-68-65-62-59-56-53-50-47-44-41-34-32-29-26-23-20-17-14-11-8-5-2/h7-8,10-11,16-21,25-30,33-35,37-38,41,74H,4-6,9,12-15,22-24,31-32,36,39-40,42-73H2,1-3H3/b10-7-,11-8-,19-16-,20-17-,21-18-,28-25-,29-26-,30-27-,35-33-,38-37-,41-34-. The van der Waals surface area contributed by atoms with Crippen LogP contribution in [0, 0.1) is 0 Å². The summed E-state index contributed by atoms with van der Waals surface area (Å²) in [7, 11) is 0. The van der Waals surface area contributed by atoms with E-state index in [1.165, 1.54) is 141 Å². The van der Waals surface area contributed by atoms with Gasteiger partial charge in [0.1, 0.15) is 13.2 Å². The molecule has 472 valence electrons. The van der Waals surface area contributed by atoms with E-state index in [2.05, 4.69) is 154 Å². The average molecular weight is 1150 g/mol. The first kappa shape index (κ1) is 78.5. The SMILES string of the molecule is CC/C=C\C/C=C\C/C=C\C/C=C\C/C=C\CCCCCCCCCCCCCC(=O)OCC(COC(=O)CCCCCCCCC/C=C\C/C=C\CCCCC)OC(=O)CCCCCCCCCC/C=C\C/C=C\C/C=C\C/C=C\CC. The maximum atomic E-state index is 13.0. The fourth-order valence-corrected chi connectivity index (χ4v) is 9.49. The van der Waals surface area contributed by atoms with Crippen LogP contribution in [-0.4, -0.2) is 37.2 Å². The van der Waals surface area contributed by atoms with Gasteiger partial charge in [0.15, 0.2) is 6.10 Å². The smallest absolute Gasteiger partial charge is 0.306 e. The molecule has 0 aromatic carbocycles. The second-order valence-electron chi connectivity index (χ2n) is 22.7. The zero-order valence-electron chi connectivity index (χ0n) is 54.2. The molecule has 0 saturated heterocycles. The monoisotopic (exact) mass is 1150 g/mol. The van der Waals surface area contributed by atoms with Crippen LogP contribution in [0.2, 0.25) is 0 Å². The molecule has 0 aromatic heterocycles. The topological polar surface area (TPSA) is 78.9 Å². The summed E-state index contributed by atoms with van der Waals surface area (Å²) < 4.78 is 17.0. The van der Waals surface area contributed by atoms with Crippen molar-refractivity contribution < 1.29 is 28.6 Å². The first-order valence-electron chi connectivity index (χ1n) is 34.7. The highest BCUT2D eigenvalue weighted by atomic mass is 16.6. The average Bonchev–Trinajstić information content (AvgIpc) is 3.49. The van der Waals surface area contributed by atoms with Gasteiger partial charge in [-0.25, -0.2) is 0 Å². The summed E-state index contributed by atoms with van der Waals surface area (Å²) in [4.78, 5) is 38.5. The van der Waals surface area contributed by atoms with Gasteiger partial charge in [0.2, 0.25) is 0 Å². The highest BCUT2D eigenvalue weighted by Gasteiger charge is 2.19. The maximum absolute atomic E-state index is 13.0. The van der Waals surface area contributed by atoms with Crippen molar-refractivity contribution in [1.82, 2.24) is 0 Å². The van der Waals surface area contributed by atoms with Gasteiger partial charge in [0.25, 0.3) is 0 Å². The second kappa shape index (κ2) is 70.0. The predicted molar refractivity (Wildman–Crippen MR) is 362 cm³/mol. The van der Waals surface area contributed by atoms with Crippen molar-refractivity contribution in [2.24, 2.45) is 0 Å². The molecule has 0 rings (SSSR count). The zero-order chi connectivity index (χ0) is 59.9. The van der Waals surface area contributed by atoms with Gasteiger partial charge in [-0.1, -0.05) is 296 Å². The minimum absolute atomic E-state index is 0.0878. The Morgan fingerprint density at radius 1 is 0.253 bits per heavy atom. The summed E-state index contributed by atoms with van der Waals surface area (Å²) in [6.45, 7) is 6.40. The number of hydrogen-bond donors (Lipinski definition) is 0. The highest BCUT2D eigenvalue weighted by Crippen LogP contribution is 2.16. The zero-order valence-corrected chi connectivity index (χ0v) is 54.2. The molecule has 0 spiro atoms. The summed E-state index contributed by atoms with van der Waals surface area (Å²) in [5.41, 5.74) is 0. The predicted octanol–water partition coefficient (Wildman–Crippen LogP) is 24.1. The van der Waals surface area contributed by atoms with Crippen LogP contribution < -0.4 is 0 Å². The molecule has 0 aliphatic rings. The fourth-order valence-electron chi connectivity index (χ4n) is 9.49. The Balaban J connectivity index is 4.39. The number of ether oxygens (including phenoxy) is 3. The van der Waals surface area contributed by atoms with Gasteiger partial charge in [-0.15, -0.1) is 0 Å². The van der Waals surface area contributed by atoms with E-state index in [1.54, 1.807) is 0 Å². The van der Waals surface area contributed by atoms with Crippen LogP contribution in [0.1, 0.15) is 316 Å². The van der Waals surface area contributed by atoms with Crippen molar-refractivity contribution >= 4 is 17.9 Å². The van der Waals surface area contributed by atoms with Crippen molar-refractivity contribution in [2.75, 3.05) is 13.2 Å². The number of hydrogen-bond acceptors (Lipinski definition) is 6. The van der Waals surface area contributed by atoms with Crippen LogP contribution in [0.3, 0.4) is 0 Å². The van der Waals surface area contributed by atoms with E-state index < -0.39 is 6.10 Å². The lowest BCUT2D eigenvalue weighted by atomic mass is 10.0. The minimum Gasteiger partial charge on any atom is -0.462 e. The molecule has 0 N–H and O–H groups in total. The Labute approximate surface area is 513 Å². The van der Waals surface area contributed by atoms with Gasteiger partial charge in [0.05, 0.1) is 0 Å². The summed E-state index contributed by atoms with van der Waals surface area (Å²) in [6, 6.07) is 0. The van der Waals surface area contributed by atoms with E-state index >= 15 is 0 Å². The molecular weight excluding hydrogens is 1020 g/mol. The van der Waals surface area contributed by atoms with Gasteiger partial charge in [-0.3, -0.25) is 14.4 Å². The summed E-state index contributed by atoms with van der Waals surface area (Å²) >= 11 is 0. The third-order valence-corrected chi connectivity index (χ3v) is 14.6. The van der Waals surface area contributed by atoms with Crippen molar-refractivity contribution in [1.29, 1.82) is 0 Å². The highest BCUT2D eigenvalue weighted by molar-refractivity contribution is 5.71. The van der Waals surface area contributed by atoms with Crippen LogP contribution in [0.25, 0.3) is 0 Å². The molecule has 0 fully saturated rings. The quantitative estimate of drug-likeness (QED) is 0.0261. The molecule has 6 heteroatoms. The van der Waals surface area contributed by atoms with Gasteiger partial charge < -0.3 is 14.2 Å². The lowest BCUT2D eigenvalue weighted by Gasteiger charge is -2.18. The van der Waals surface area contributed by atoms with Crippen molar-refractivity contribution in [3.05, 3.63) is 134 Å². The number of carbonyl (C=O) groups excluding carboxylic acids is 3. The summed E-state index contributed by atoms with van der Waals surface area (Å²) in [5, 5.41) is 0. The third kappa shape index (κ3) is 68.2. The number of rotatable bonds is 62. The maximum Gasteiger partial charge on any atom is 0.306 e. The van der Waals surface area contributed by atoms with E-state index in [9.17, 15) is 14.4 Å². The molecule has 0 aromatic rings. The van der Waals surface area contributed by atoms with Gasteiger partial charge in [-0.05, 0) is 135 Å². The lowest BCUT2D eigenvalue weighted by molar-refractivity contribution is -0.167. The van der Waals surface area contributed by atoms with Crippen LogP contribution in [-0.2, 0) is 28.6 Å². The first-order chi connectivity index (χ1) is 41.0.